The number of benzene rings is 3. The summed E-state index contributed by atoms with van der Waals surface area (Å²) in [7, 11) is 1.64. The van der Waals surface area contributed by atoms with Crippen molar-refractivity contribution in [2.24, 2.45) is 0 Å². The molecule has 2 aromatic heterocycles. The van der Waals surface area contributed by atoms with Gasteiger partial charge in [-0.05, 0) is 35.9 Å². The molecule has 0 amide bonds. The highest BCUT2D eigenvalue weighted by atomic mass is 16.5. The molecule has 32 heavy (non-hydrogen) atoms. The van der Waals surface area contributed by atoms with E-state index in [9.17, 15) is 0 Å². The van der Waals surface area contributed by atoms with Crippen LogP contribution in [-0.4, -0.2) is 21.5 Å². The summed E-state index contributed by atoms with van der Waals surface area (Å²) in [5.41, 5.74) is 4.55. The van der Waals surface area contributed by atoms with Crippen molar-refractivity contribution in [1.82, 2.24) is 14.4 Å². The van der Waals surface area contributed by atoms with Crippen molar-refractivity contribution in [3.05, 3.63) is 103 Å². The summed E-state index contributed by atoms with van der Waals surface area (Å²) in [5.74, 6) is 2.02. The first kappa shape index (κ1) is 19.6. The van der Waals surface area contributed by atoms with Crippen LogP contribution in [0.4, 0.5) is 11.6 Å². The molecule has 3 aromatic carbocycles. The molecule has 5 rings (SSSR count). The first-order valence-corrected chi connectivity index (χ1v) is 10.3. The van der Waals surface area contributed by atoms with Crippen LogP contribution in [-0.2, 0) is 6.61 Å². The summed E-state index contributed by atoms with van der Waals surface area (Å²) in [6.07, 6.45) is 3.65. The van der Waals surface area contributed by atoms with Crippen molar-refractivity contribution in [3.8, 4) is 22.8 Å². The molecule has 1 N–H and O–H groups in total. The Morgan fingerprint density at radius 3 is 2.44 bits per heavy atom. The molecule has 158 valence electrons. The molecule has 0 radical (unpaired) electrons. The second-order valence-corrected chi connectivity index (χ2v) is 7.25. The Hall–Kier alpha value is -4.32. The smallest absolute Gasteiger partial charge is 0.213 e. The molecular weight excluding hydrogens is 400 g/mol. The minimum Gasteiger partial charge on any atom is -0.493 e. The van der Waals surface area contributed by atoms with E-state index >= 15 is 0 Å². The second kappa shape index (κ2) is 8.81. The van der Waals surface area contributed by atoms with E-state index in [0.29, 0.717) is 24.1 Å². The lowest BCUT2D eigenvalue weighted by Gasteiger charge is -2.14. The molecule has 6 heteroatoms. The third-order valence-corrected chi connectivity index (χ3v) is 5.12. The van der Waals surface area contributed by atoms with E-state index < -0.39 is 0 Å². The van der Waals surface area contributed by atoms with Crippen LogP contribution in [0.3, 0.4) is 0 Å². The number of aromatic nitrogens is 3. The zero-order valence-electron chi connectivity index (χ0n) is 17.6. The number of rotatable bonds is 7. The van der Waals surface area contributed by atoms with Gasteiger partial charge in [0.2, 0.25) is 5.95 Å². The van der Waals surface area contributed by atoms with Crippen molar-refractivity contribution in [3.63, 3.8) is 0 Å². The fraction of sp³-hybridized carbons (Fsp3) is 0.0769. The first-order valence-electron chi connectivity index (χ1n) is 10.3. The number of nitrogens with zero attached hydrogens (tertiary/aromatic N) is 3. The molecule has 0 unspecified atom stereocenters. The first-order chi connectivity index (χ1) is 15.8. The number of nitrogens with one attached hydrogen (secondary N) is 1. The lowest BCUT2D eigenvalue weighted by Crippen LogP contribution is -2.02. The van der Waals surface area contributed by atoms with Crippen molar-refractivity contribution in [1.29, 1.82) is 0 Å². The monoisotopic (exact) mass is 422 g/mol. The topological polar surface area (TPSA) is 60.7 Å². The SMILES string of the molecule is COc1cc(-c2cc3nccn3c(Nc3ccccc3)n2)ccc1OCc1ccccc1. The van der Waals surface area contributed by atoms with E-state index in [1.54, 1.807) is 13.3 Å². The number of fused-ring (bicyclic) bond motifs is 1. The predicted molar refractivity (Wildman–Crippen MR) is 125 cm³/mol. The Labute approximate surface area is 186 Å². The van der Waals surface area contributed by atoms with E-state index in [2.05, 4.69) is 10.3 Å². The van der Waals surface area contributed by atoms with Gasteiger partial charge in [0.15, 0.2) is 11.5 Å². The standard InChI is InChI=1S/C26H22N4O2/c1-31-24-16-20(12-13-23(24)32-18-19-8-4-2-5-9-19)22-17-25-27-14-15-30(25)26(29-22)28-21-10-6-3-7-11-21/h2-17H,18H2,1H3,(H,28,29). The van der Waals surface area contributed by atoms with Gasteiger partial charge < -0.3 is 14.8 Å². The van der Waals surface area contributed by atoms with Crippen LogP contribution in [0.25, 0.3) is 16.9 Å². The summed E-state index contributed by atoms with van der Waals surface area (Å²) >= 11 is 0. The van der Waals surface area contributed by atoms with Gasteiger partial charge in [0, 0.05) is 29.7 Å². The number of para-hydroxylation sites is 1. The van der Waals surface area contributed by atoms with E-state index in [4.69, 9.17) is 14.5 Å². The Morgan fingerprint density at radius 2 is 1.66 bits per heavy atom. The van der Waals surface area contributed by atoms with E-state index in [0.717, 1.165) is 28.2 Å². The Bertz CT molecular complexity index is 1330. The Balaban J connectivity index is 1.46. The molecule has 2 heterocycles. The zero-order chi connectivity index (χ0) is 21.8. The minimum absolute atomic E-state index is 0.472. The van der Waals surface area contributed by atoms with Crippen molar-refractivity contribution in [2.45, 2.75) is 6.61 Å². The molecule has 0 saturated heterocycles. The summed E-state index contributed by atoms with van der Waals surface area (Å²) < 4.78 is 13.5. The molecule has 0 saturated carbocycles. The molecule has 0 atom stereocenters. The Morgan fingerprint density at radius 1 is 0.875 bits per heavy atom. The quantitative estimate of drug-likeness (QED) is 0.363. The summed E-state index contributed by atoms with van der Waals surface area (Å²) in [6.45, 7) is 0.472. The highest BCUT2D eigenvalue weighted by Crippen LogP contribution is 2.33. The normalized spacial score (nSPS) is 10.8. The van der Waals surface area contributed by atoms with E-state index in [1.165, 1.54) is 0 Å². The zero-order valence-corrected chi connectivity index (χ0v) is 17.6. The summed E-state index contributed by atoms with van der Waals surface area (Å²) in [4.78, 5) is 9.31. The van der Waals surface area contributed by atoms with Gasteiger partial charge in [0.25, 0.3) is 0 Å². The highest BCUT2D eigenvalue weighted by molar-refractivity contribution is 5.70. The van der Waals surface area contributed by atoms with Crippen LogP contribution in [0.2, 0.25) is 0 Å². The second-order valence-electron chi connectivity index (χ2n) is 7.25. The minimum atomic E-state index is 0.472. The summed E-state index contributed by atoms with van der Waals surface area (Å²) in [6, 6.07) is 27.8. The van der Waals surface area contributed by atoms with Crippen LogP contribution < -0.4 is 14.8 Å². The maximum atomic E-state index is 5.99. The average molecular weight is 422 g/mol. The third-order valence-electron chi connectivity index (χ3n) is 5.12. The van der Waals surface area contributed by atoms with Crippen LogP contribution >= 0.6 is 0 Å². The molecule has 0 fully saturated rings. The molecule has 0 aliphatic rings. The third kappa shape index (κ3) is 4.11. The Kier molecular flexibility index (Phi) is 5.41. The number of imidazole rings is 1. The number of methoxy groups -OCH3 is 1. The lowest BCUT2D eigenvalue weighted by atomic mass is 10.1. The molecule has 0 aliphatic carbocycles. The van der Waals surface area contributed by atoms with Crippen molar-refractivity contribution < 1.29 is 9.47 Å². The lowest BCUT2D eigenvalue weighted by molar-refractivity contribution is 0.284. The van der Waals surface area contributed by atoms with Gasteiger partial charge in [-0.25, -0.2) is 9.97 Å². The van der Waals surface area contributed by atoms with Crippen LogP contribution in [0.5, 0.6) is 11.5 Å². The average Bonchev–Trinajstić information content (AvgIpc) is 3.33. The van der Waals surface area contributed by atoms with Crippen molar-refractivity contribution in [2.75, 3.05) is 12.4 Å². The number of hydrogen-bond acceptors (Lipinski definition) is 5. The molecule has 5 aromatic rings. The van der Waals surface area contributed by atoms with Crippen LogP contribution in [0.1, 0.15) is 5.56 Å². The maximum absolute atomic E-state index is 5.99. The summed E-state index contributed by atoms with van der Waals surface area (Å²) in [5, 5.41) is 3.38. The van der Waals surface area contributed by atoms with Gasteiger partial charge in [-0.1, -0.05) is 48.5 Å². The van der Waals surface area contributed by atoms with Gasteiger partial charge >= 0.3 is 0 Å². The maximum Gasteiger partial charge on any atom is 0.213 e. The van der Waals surface area contributed by atoms with E-state index in [-0.39, 0.29) is 0 Å². The van der Waals surface area contributed by atoms with Crippen LogP contribution in [0.15, 0.2) is 97.3 Å². The van der Waals surface area contributed by atoms with E-state index in [1.807, 2.05) is 95.5 Å². The highest BCUT2D eigenvalue weighted by Gasteiger charge is 2.12. The number of anilines is 2. The molecule has 0 bridgehead atoms. The van der Waals surface area contributed by atoms with Gasteiger partial charge in [-0.3, -0.25) is 4.40 Å². The van der Waals surface area contributed by atoms with Gasteiger partial charge in [0.05, 0.1) is 12.8 Å². The predicted octanol–water partition coefficient (Wildman–Crippen LogP) is 5.73. The molecule has 0 aliphatic heterocycles. The fourth-order valence-corrected chi connectivity index (χ4v) is 3.49. The number of hydrogen-bond donors (Lipinski definition) is 1. The molecular formula is C26H22N4O2. The molecule has 0 spiro atoms. The molecule has 6 nitrogen and oxygen atoms in total. The van der Waals surface area contributed by atoms with Gasteiger partial charge in [-0.2, -0.15) is 0 Å². The number of ether oxygens (including phenoxy) is 2. The van der Waals surface area contributed by atoms with Crippen LogP contribution in [0, 0.1) is 0 Å². The van der Waals surface area contributed by atoms with Gasteiger partial charge in [-0.15, -0.1) is 0 Å². The van der Waals surface area contributed by atoms with Gasteiger partial charge in [0.1, 0.15) is 12.3 Å². The fourth-order valence-electron chi connectivity index (χ4n) is 3.49. The van der Waals surface area contributed by atoms with Crippen molar-refractivity contribution >= 4 is 17.3 Å². The largest absolute Gasteiger partial charge is 0.493 e.